The molecular weight excluding hydrogens is 240 g/mol. The third-order valence-corrected chi connectivity index (χ3v) is 3.32. The molecule has 0 saturated carbocycles. The van der Waals surface area contributed by atoms with E-state index in [1.54, 1.807) is 0 Å². The minimum atomic E-state index is -0.174. The molecule has 0 radical (unpaired) electrons. The normalized spacial score (nSPS) is 10.7. The lowest BCUT2D eigenvalue weighted by Gasteiger charge is -2.01. The number of primary amides is 1. The smallest absolute Gasteiger partial charge is 0.217 e. The monoisotopic (exact) mass is 266 g/mol. The van der Waals surface area contributed by atoms with Crippen molar-refractivity contribution in [2.75, 3.05) is 0 Å². The Labute approximate surface area is 115 Å². The molecule has 3 N–H and O–H groups in total. The van der Waals surface area contributed by atoms with Crippen LogP contribution >= 0.6 is 0 Å². The van der Waals surface area contributed by atoms with Gasteiger partial charge in [0.15, 0.2) is 0 Å². The molecule has 1 heterocycles. The second-order valence-corrected chi connectivity index (χ2v) is 5.11. The van der Waals surface area contributed by atoms with Gasteiger partial charge in [0.05, 0.1) is 5.69 Å². The van der Waals surface area contributed by atoms with Gasteiger partial charge in [-0.15, -0.1) is 5.10 Å². The number of aryl methyl sites for hydroxylation is 1. The van der Waals surface area contributed by atoms with Crippen LogP contribution in [-0.2, 0) is 11.2 Å². The van der Waals surface area contributed by atoms with Crippen molar-refractivity contribution < 1.29 is 4.79 Å². The Bertz CT molecular complexity index is 324. The maximum Gasteiger partial charge on any atom is 0.217 e. The second-order valence-electron chi connectivity index (χ2n) is 5.11. The number of H-pyrrole nitrogens is 1. The third kappa shape index (κ3) is 9.22. The highest BCUT2D eigenvalue weighted by molar-refractivity contribution is 5.73. The largest absolute Gasteiger partial charge is 0.370 e. The number of hydrogen-bond acceptors (Lipinski definition) is 3. The maximum absolute atomic E-state index is 10.5. The van der Waals surface area contributed by atoms with E-state index >= 15 is 0 Å². The summed E-state index contributed by atoms with van der Waals surface area (Å²) in [7, 11) is 0. The number of amides is 1. The number of hydrogen-bond donors (Lipinski definition) is 2. The van der Waals surface area contributed by atoms with Gasteiger partial charge in [-0.05, 0) is 19.3 Å². The average Bonchev–Trinajstić information content (AvgIpc) is 2.88. The summed E-state index contributed by atoms with van der Waals surface area (Å²) in [5.41, 5.74) is 6.15. The number of nitrogens with two attached hydrogens (primary N) is 1. The second kappa shape index (κ2) is 10.5. The highest BCUT2D eigenvalue weighted by Gasteiger charge is 1.97. The number of nitrogens with zero attached hydrogens (tertiary/aromatic N) is 2. The molecule has 0 atom stereocenters. The zero-order valence-corrected chi connectivity index (χ0v) is 11.7. The van der Waals surface area contributed by atoms with Crippen LogP contribution in [0, 0.1) is 0 Å². The Morgan fingerprint density at radius 1 is 1.00 bits per heavy atom. The summed E-state index contributed by atoms with van der Waals surface area (Å²) in [6.45, 7) is 0. The lowest BCUT2D eigenvalue weighted by molar-refractivity contribution is -0.118. The van der Waals surface area contributed by atoms with E-state index in [1.165, 1.54) is 44.9 Å². The third-order valence-electron chi connectivity index (χ3n) is 3.32. The molecule has 0 saturated heterocycles. The fraction of sp³-hybridized carbons (Fsp3) is 0.786. The van der Waals surface area contributed by atoms with E-state index in [-0.39, 0.29) is 5.91 Å². The van der Waals surface area contributed by atoms with Crippen LogP contribution in [0.3, 0.4) is 0 Å². The van der Waals surface area contributed by atoms with Crippen LogP contribution in [0.15, 0.2) is 6.20 Å². The highest BCUT2D eigenvalue weighted by atomic mass is 16.1. The first-order valence-electron chi connectivity index (χ1n) is 7.42. The number of carbonyl (C=O) groups excluding carboxylic acids is 1. The first-order chi connectivity index (χ1) is 9.29. The van der Waals surface area contributed by atoms with Gasteiger partial charge < -0.3 is 5.73 Å². The topological polar surface area (TPSA) is 84.7 Å². The van der Waals surface area contributed by atoms with Crippen molar-refractivity contribution in [2.45, 2.75) is 70.6 Å². The predicted octanol–water partition coefficient (Wildman–Crippen LogP) is 2.73. The van der Waals surface area contributed by atoms with E-state index in [0.717, 1.165) is 25.0 Å². The van der Waals surface area contributed by atoms with E-state index in [4.69, 9.17) is 5.73 Å². The van der Waals surface area contributed by atoms with E-state index < -0.39 is 0 Å². The molecule has 0 aromatic carbocycles. The lowest BCUT2D eigenvalue weighted by Crippen LogP contribution is -2.09. The number of aromatic nitrogens is 3. The molecule has 0 bridgehead atoms. The molecule has 1 aromatic rings. The number of nitrogens with one attached hydrogen (secondary N) is 1. The van der Waals surface area contributed by atoms with Crippen molar-refractivity contribution in [3.8, 4) is 0 Å². The quantitative estimate of drug-likeness (QED) is 0.570. The van der Waals surface area contributed by atoms with Gasteiger partial charge in [-0.3, -0.25) is 9.89 Å². The van der Waals surface area contributed by atoms with E-state index in [2.05, 4.69) is 15.4 Å². The van der Waals surface area contributed by atoms with Crippen LogP contribution in [0.1, 0.15) is 69.9 Å². The summed E-state index contributed by atoms with van der Waals surface area (Å²) < 4.78 is 0. The van der Waals surface area contributed by atoms with Gasteiger partial charge >= 0.3 is 0 Å². The number of aromatic amines is 1. The molecule has 0 fully saturated rings. The lowest BCUT2D eigenvalue weighted by atomic mass is 10.1. The Morgan fingerprint density at radius 3 is 2.11 bits per heavy atom. The number of unbranched alkanes of at least 4 members (excludes halogenated alkanes) is 8. The zero-order valence-electron chi connectivity index (χ0n) is 11.7. The molecule has 0 aliphatic carbocycles. The van der Waals surface area contributed by atoms with Gasteiger partial charge in [0, 0.05) is 12.6 Å². The zero-order chi connectivity index (χ0) is 13.8. The van der Waals surface area contributed by atoms with Crippen molar-refractivity contribution in [3.63, 3.8) is 0 Å². The first kappa shape index (κ1) is 15.7. The van der Waals surface area contributed by atoms with Crippen molar-refractivity contribution >= 4 is 5.91 Å². The molecule has 0 unspecified atom stereocenters. The van der Waals surface area contributed by atoms with Gasteiger partial charge in [-0.25, -0.2) is 0 Å². The number of carbonyl (C=O) groups is 1. The summed E-state index contributed by atoms with van der Waals surface area (Å²) in [5.74, 6) is -0.174. The van der Waals surface area contributed by atoms with Gasteiger partial charge in [-0.1, -0.05) is 50.2 Å². The highest BCUT2D eigenvalue weighted by Crippen LogP contribution is 2.11. The molecule has 5 nitrogen and oxygen atoms in total. The van der Waals surface area contributed by atoms with E-state index in [1.807, 2.05) is 6.20 Å². The maximum atomic E-state index is 10.5. The molecule has 19 heavy (non-hydrogen) atoms. The average molecular weight is 266 g/mol. The molecule has 1 amide bonds. The van der Waals surface area contributed by atoms with Crippen LogP contribution in [0.4, 0.5) is 0 Å². The molecule has 0 aliphatic rings. The summed E-state index contributed by atoms with van der Waals surface area (Å²) >= 11 is 0. The molecule has 5 heteroatoms. The van der Waals surface area contributed by atoms with E-state index in [9.17, 15) is 4.79 Å². The molecule has 0 spiro atoms. The minimum absolute atomic E-state index is 0.174. The minimum Gasteiger partial charge on any atom is -0.370 e. The van der Waals surface area contributed by atoms with Crippen molar-refractivity contribution in [2.24, 2.45) is 5.73 Å². The van der Waals surface area contributed by atoms with Gasteiger partial charge in [0.2, 0.25) is 5.91 Å². The number of rotatable bonds is 12. The molecule has 1 rings (SSSR count). The molecule has 108 valence electrons. The van der Waals surface area contributed by atoms with Crippen molar-refractivity contribution in [1.82, 2.24) is 15.4 Å². The van der Waals surface area contributed by atoms with Gasteiger partial charge in [0.25, 0.3) is 0 Å². The molecule has 1 aromatic heterocycles. The van der Waals surface area contributed by atoms with Crippen LogP contribution in [0.5, 0.6) is 0 Å². The Balaban J connectivity index is 1.75. The van der Waals surface area contributed by atoms with Crippen LogP contribution in [0.25, 0.3) is 0 Å². The summed E-state index contributed by atoms with van der Waals surface area (Å²) in [6.07, 6.45) is 14.4. The Morgan fingerprint density at radius 2 is 1.58 bits per heavy atom. The Kier molecular flexibility index (Phi) is 8.68. The van der Waals surface area contributed by atoms with Crippen molar-refractivity contribution in [1.29, 1.82) is 0 Å². The van der Waals surface area contributed by atoms with Crippen LogP contribution < -0.4 is 5.73 Å². The summed E-state index contributed by atoms with van der Waals surface area (Å²) in [6, 6.07) is 0. The predicted molar refractivity (Wildman–Crippen MR) is 75.5 cm³/mol. The van der Waals surface area contributed by atoms with Gasteiger partial charge in [-0.2, -0.15) is 0 Å². The standard InChI is InChI=1S/C14H26N4O/c15-14(19)11-9-7-5-3-1-2-4-6-8-10-13-12-16-18-17-13/h12H,1-11H2,(H2,15,19)(H,16,17,18). The fourth-order valence-electron chi connectivity index (χ4n) is 2.19. The first-order valence-corrected chi connectivity index (χ1v) is 7.42. The van der Waals surface area contributed by atoms with Crippen LogP contribution in [-0.4, -0.2) is 21.3 Å². The van der Waals surface area contributed by atoms with Crippen molar-refractivity contribution in [3.05, 3.63) is 11.9 Å². The molecule has 0 aliphatic heterocycles. The summed E-state index contributed by atoms with van der Waals surface area (Å²) in [4.78, 5) is 10.5. The van der Waals surface area contributed by atoms with Crippen LogP contribution in [0.2, 0.25) is 0 Å². The SMILES string of the molecule is NC(=O)CCCCCCCCCCCc1c[nH]nn1. The Hall–Kier alpha value is -1.39. The fourth-order valence-corrected chi connectivity index (χ4v) is 2.19. The van der Waals surface area contributed by atoms with E-state index in [0.29, 0.717) is 6.42 Å². The summed E-state index contributed by atoms with van der Waals surface area (Å²) in [5, 5.41) is 10.4. The van der Waals surface area contributed by atoms with Gasteiger partial charge in [0.1, 0.15) is 0 Å². The molecular formula is C14H26N4O.